The summed E-state index contributed by atoms with van der Waals surface area (Å²) in [7, 11) is 1.55. The summed E-state index contributed by atoms with van der Waals surface area (Å²) in [5.41, 5.74) is 1.74. The van der Waals surface area contributed by atoms with Gasteiger partial charge in [0.05, 0.1) is 12.5 Å². The first kappa shape index (κ1) is 16.8. The lowest BCUT2D eigenvalue weighted by molar-refractivity contribution is -0.168. The molecule has 0 radical (unpaired) electrons. The normalized spacial score (nSPS) is 46.2. The topological polar surface area (TPSA) is 26.3 Å². The van der Waals surface area contributed by atoms with Gasteiger partial charge in [0.25, 0.3) is 0 Å². The molecule has 3 aliphatic rings. The second kappa shape index (κ2) is 5.50. The maximum absolute atomic E-state index is 12.5. The zero-order valence-electron chi connectivity index (χ0n) is 15.3. The zero-order chi connectivity index (χ0) is 16.9. The van der Waals surface area contributed by atoms with E-state index in [9.17, 15) is 4.79 Å². The van der Waals surface area contributed by atoms with E-state index in [0.29, 0.717) is 11.8 Å². The average Bonchev–Trinajstić information content (AvgIpc) is 2.53. The first-order chi connectivity index (χ1) is 10.8. The molecule has 2 fully saturated rings. The smallest absolute Gasteiger partial charge is 0.311 e. The fourth-order valence-electron chi connectivity index (χ4n) is 6.16. The number of fused-ring (bicyclic) bond motifs is 3. The zero-order valence-corrected chi connectivity index (χ0v) is 15.3. The quantitative estimate of drug-likeness (QED) is 0.511. The SMILES string of the molecule is C=CC1(C)C=C2CCC3[C@@](C)(CCC[C@@]3(C)C(=O)OC)C2CC1. The van der Waals surface area contributed by atoms with Crippen LogP contribution in [-0.2, 0) is 9.53 Å². The van der Waals surface area contributed by atoms with Crippen LogP contribution in [0.2, 0.25) is 0 Å². The van der Waals surface area contributed by atoms with Gasteiger partial charge < -0.3 is 4.74 Å². The number of esters is 1. The van der Waals surface area contributed by atoms with Gasteiger partial charge in [0, 0.05) is 5.41 Å². The van der Waals surface area contributed by atoms with Crippen molar-refractivity contribution in [2.45, 2.75) is 65.7 Å². The van der Waals surface area contributed by atoms with E-state index in [2.05, 4.69) is 39.5 Å². The van der Waals surface area contributed by atoms with E-state index >= 15 is 0 Å². The first-order valence-electron chi connectivity index (χ1n) is 9.23. The number of allylic oxidation sites excluding steroid dienone is 3. The fraction of sp³-hybridized carbons (Fsp3) is 0.762. The molecular formula is C21H32O2. The Balaban J connectivity index is 1.98. The van der Waals surface area contributed by atoms with E-state index < -0.39 is 0 Å². The summed E-state index contributed by atoms with van der Waals surface area (Å²) in [4.78, 5) is 12.5. The number of carbonyl (C=O) groups excluding carboxylic acids is 1. The van der Waals surface area contributed by atoms with E-state index in [-0.39, 0.29) is 22.2 Å². The van der Waals surface area contributed by atoms with Gasteiger partial charge in [-0.05, 0) is 62.7 Å². The van der Waals surface area contributed by atoms with Crippen molar-refractivity contribution in [1.82, 2.24) is 0 Å². The Morgan fingerprint density at radius 2 is 2.00 bits per heavy atom. The molecule has 23 heavy (non-hydrogen) atoms. The summed E-state index contributed by atoms with van der Waals surface area (Å²) in [5.74, 6) is 1.09. The molecule has 0 heterocycles. The van der Waals surface area contributed by atoms with Crippen molar-refractivity contribution in [2.75, 3.05) is 7.11 Å². The van der Waals surface area contributed by atoms with E-state index in [0.717, 1.165) is 25.7 Å². The van der Waals surface area contributed by atoms with Crippen LogP contribution in [0.5, 0.6) is 0 Å². The maximum Gasteiger partial charge on any atom is 0.311 e. The Labute approximate surface area is 141 Å². The lowest BCUT2D eigenvalue weighted by atomic mass is 9.45. The highest BCUT2D eigenvalue weighted by atomic mass is 16.5. The second-order valence-electron chi connectivity index (χ2n) is 8.88. The highest BCUT2D eigenvalue weighted by Crippen LogP contribution is 2.64. The fourth-order valence-corrected chi connectivity index (χ4v) is 6.16. The van der Waals surface area contributed by atoms with Crippen molar-refractivity contribution < 1.29 is 9.53 Å². The maximum atomic E-state index is 12.5. The summed E-state index contributed by atoms with van der Waals surface area (Å²) in [6.45, 7) is 11.0. The highest BCUT2D eigenvalue weighted by molar-refractivity contribution is 5.77. The predicted molar refractivity (Wildman–Crippen MR) is 93.9 cm³/mol. The molecule has 0 aliphatic heterocycles. The number of hydrogen-bond acceptors (Lipinski definition) is 2. The summed E-state index contributed by atoms with van der Waals surface area (Å²) in [5, 5.41) is 0. The van der Waals surface area contributed by atoms with Gasteiger partial charge in [0.15, 0.2) is 0 Å². The van der Waals surface area contributed by atoms with Crippen molar-refractivity contribution in [3.63, 3.8) is 0 Å². The number of hydrogen-bond donors (Lipinski definition) is 0. The lowest BCUT2D eigenvalue weighted by Gasteiger charge is -2.59. The Morgan fingerprint density at radius 3 is 2.65 bits per heavy atom. The van der Waals surface area contributed by atoms with Crippen LogP contribution in [-0.4, -0.2) is 13.1 Å². The molecular weight excluding hydrogens is 284 g/mol. The van der Waals surface area contributed by atoms with Crippen molar-refractivity contribution in [2.24, 2.45) is 28.1 Å². The molecule has 0 aromatic heterocycles. The molecule has 2 heteroatoms. The van der Waals surface area contributed by atoms with Crippen molar-refractivity contribution >= 4 is 5.97 Å². The molecule has 0 aromatic rings. The summed E-state index contributed by atoms with van der Waals surface area (Å²) >= 11 is 0. The minimum absolute atomic E-state index is 0.00703. The number of carbonyl (C=O) groups is 1. The number of ether oxygens (including phenoxy) is 1. The van der Waals surface area contributed by atoms with Gasteiger partial charge in [0.1, 0.15) is 0 Å². The van der Waals surface area contributed by atoms with Gasteiger partial charge in [-0.1, -0.05) is 38.0 Å². The van der Waals surface area contributed by atoms with E-state index in [4.69, 9.17) is 4.74 Å². The summed E-state index contributed by atoms with van der Waals surface area (Å²) in [6.07, 6.45) is 12.7. The largest absolute Gasteiger partial charge is 0.469 e. The summed E-state index contributed by atoms with van der Waals surface area (Å²) in [6, 6.07) is 0. The molecule has 0 amide bonds. The standard InChI is InChI=1S/C21H32O2/c1-6-19(2)13-10-16-15(14-19)8-9-17-20(16,3)11-7-12-21(17,4)18(22)23-5/h6,14,16-17H,1,7-13H2,2-5H3/t16?,17?,19?,20-,21+/m0/s1. The average molecular weight is 316 g/mol. The first-order valence-corrected chi connectivity index (χ1v) is 9.23. The Morgan fingerprint density at radius 1 is 1.26 bits per heavy atom. The van der Waals surface area contributed by atoms with Crippen LogP contribution in [0.4, 0.5) is 0 Å². The van der Waals surface area contributed by atoms with Crippen LogP contribution in [0.15, 0.2) is 24.3 Å². The number of methoxy groups -OCH3 is 1. The molecule has 128 valence electrons. The van der Waals surface area contributed by atoms with Gasteiger partial charge in [-0.15, -0.1) is 6.58 Å². The van der Waals surface area contributed by atoms with Gasteiger partial charge in [-0.2, -0.15) is 0 Å². The van der Waals surface area contributed by atoms with Crippen molar-refractivity contribution in [3.8, 4) is 0 Å². The second-order valence-corrected chi connectivity index (χ2v) is 8.88. The molecule has 3 rings (SSSR count). The minimum Gasteiger partial charge on any atom is -0.469 e. The Kier molecular flexibility index (Phi) is 4.01. The monoisotopic (exact) mass is 316 g/mol. The molecule has 0 N–H and O–H groups in total. The van der Waals surface area contributed by atoms with Crippen LogP contribution in [0, 0.1) is 28.1 Å². The van der Waals surface area contributed by atoms with E-state index in [1.807, 2.05) is 0 Å². The van der Waals surface area contributed by atoms with Crippen molar-refractivity contribution in [3.05, 3.63) is 24.3 Å². The molecule has 0 saturated heterocycles. The van der Waals surface area contributed by atoms with Crippen molar-refractivity contribution in [1.29, 1.82) is 0 Å². The third-order valence-corrected chi connectivity index (χ3v) is 7.55. The highest BCUT2D eigenvalue weighted by Gasteiger charge is 2.58. The van der Waals surface area contributed by atoms with E-state index in [1.54, 1.807) is 12.7 Å². The van der Waals surface area contributed by atoms with Crippen LogP contribution in [0.25, 0.3) is 0 Å². The summed E-state index contributed by atoms with van der Waals surface area (Å²) < 4.78 is 5.21. The molecule has 2 nitrogen and oxygen atoms in total. The van der Waals surface area contributed by atoms with Crippen LogP contribution in [0.3, 0.4) is 0 Å². The van der Waals surface area contributed by atoms with Crippen LogP contribution in [0.1, 0.15) is 65.7 Å². The van der Waals surface area contributed by atoms with Gasteiger partial charge in [-0.3, -0.25) is 4.79 Å². The number of rotatable bonds is 2. The molecule has 2 saturated carbocycles. The third kappa shape index (κ3) is 2.40. The molecule has 5 atom stereocenters. The van der Waals surface area contributed by atoms with E-state index in [1.165, 1.54) is 19.3 Å². The molecule has 3 aliphatic carbocycles. The lowest BCUT2D eigenvalue weighted by Crippen LogP contribution is -2.54. The molecule has 3 unspecified atom stereocenters. The molecule has 0 bridgehead atoms. The molecule has 0 spiro atoms. The van der Waals surface area contributed by atoms with Crippen LogP contribution >= 0.6 is 0 Å². The third-order valence-electron chi connectivity index (χ3n) is 7.55. The minimum atomic E-state index is -0.299. The van der Waals surface area contributed by atoms with Crippen LogP contribution < -0.4 is 0 Å². The Bertz CT molecular complexity index is 548. The predicted octanol–water partition coefficient (Wildman–Crippen LogP) is 5.29. The van der Waals surface area contributed by atoms with Gasteiger partial charge in [0.2, 0.25) is 0 Å². The Hall–Kier alpha value is -1.05. The molecule has 0 aromatic carbocycles. The van der Waals surface area contributed by atoms with Gasteiger partial charge >= 0.3 is 5.97 Å². The van der Waals surface area contributed by atoms with Gasteiger partial charge in [-0.25, -0.2) is 0 Å².